The van der Waals surface area contributed by atoms with Gasteiger partial charge < -0.3 is 9.80 Å². The fraction of sp³-hybridized carbons (Fsp3) is 0.389. The monoisotopic (exact) mass is 374 g/mol. The first-order valence-electron chi connectivity index (χ1n) is 8.53. The van der Waals surface area contributed by atoms with E-state index in [9.17, 15) is 13.2 Å². The number of rotatable bonds is 5. The molecule has 0 spiro atoms. The summed E-state index contributed by atoms with van der Waals surface area (Å²) >= 11 is 0. The van der Waals surface area contributed by atoms with Crippen molar-refractivity contribution in [2.24, 2.45) is 0 Å². The van der Waals surface area contributed by atoms with E-state index in [-0.39, 0.29) is 29.1 Å². The summed E-state index contributed by atoms with van der Waals surface area (Å²) in [5.41, 5.74) is 1.21. The Hall–Kier alpha value is -2.48. The van der Waals surface area contributed by atoms with Gasteiger partial charge in [-0.25, -0.2) is 18.4 Å². The molecule has 1 amide bonds. The normalized spacial score (nSPS) is 18.5. The van der Waals surface area contributed by atoms with Crippen molar-refractivity contribution in [1.82, 2.24) is 14.9 Å². The highest BCUT2D eigenvalue weighted by atomic mass is 32.2. The standard InChI is InChI=1S/C18H22N4O3S/c1-3-22(15-9-10-26(24,25)12-15)18(23)16-11-17(20-13-19-16)21(2)14-7-5-4-6-8-14/h4-8,11,13,15H,3,9-10,12H2,1-2H3. The van der Waals surface area contributed by atoms with Crippen LogP contribution in [0.5, 0.6) is 0 Å². The Morgan fingerprint density at radius 2 is 1.96 bits per heavy atom. The lowest BCUT2D eigenvalue weighted by atomic mass is 10.2. The van der Waals surface area contributed by atoms with Crippen molar-refractivity contribution >= 4 is 27.2 Å². The van der Waals surface area contributed by atoms with E-state index in [1.54, 1.807) is 11.0 Å². The Kier molecular flexibility index (Phi) is 5.22. The summed E-state index contributed by atoms with van der Waals surface area (Å²) in [6, 6.07) is 11.0. The Balaban J connectivity index is 1.83. The smallest absolute Gasteiger partial charge is 0.272 e. The van der Waals surface area contributed by atoms with Gasteiger partial charge in [-0.05, 0) is 25.5 Å². The lowest BCUT2D eigenvalue weighted by molar-refractivity contribution is 0.0702. The molecule has 1 fully saturated rings. The van der Waals surface area contributed by atoms with Gasteiger partial charge in [0.2, 0.25) is 0 Å². The molecule has 1 aromatic carbocycles. The van der Waals surface area contributed by atoms with Crippen molar-refractivity contribution in [3.8, 4) is 0 Å². The van der Waals surface area contributed by atoms with Crippen molar-refractivity contribution in [1.29, 1.82) is 0 Å². The second kappa shape index (κ2) is 7.41. The second-order valence-corrected chi connectivity index (χ2v) is 8.53. The van der Waals surface area contributed by atoms with Gasteiger partial charge in [-0.15, -0.1) is 0 Å². The number of aromatic nitrogens is 2. The van der Waals surface area contributed by atoms with Crippen LogP contribution in [-0.2, 0) is 9.84 Å². The molecule has 3 rings (SSSR count). The summed E-state index contributed by atoms with van der Waals surface area (Å²) in [5, 5.41) is 0. The molecule has 1 saturated heterocycles. The van der Waals surface area contributed by atoms with Crippen LogP contribution in [-0.4, -0.2) is 60.3 Å². The van der Waals surface area contributed by atoms with Gasteiger partial charge in [0.1, 0.15) is 17.8 Å². The molecular formula is C18H22N4O3S. The molecule has 1 unspecified atom stereocenters. The quantitative estimate of drug-likeness (QED) is 0.795. The predicted molar refractivity (Wildman–Crippen MR) is 100 cm³/mol. The van der Waals surface area contributed by atoms with Crippen molar-refractivity contribution in [3.05, 3.63) is 48.4 Å². The molecule has 7 nitrogen and oxygen atoms in total. The number of benzene rings is 1. The molecule has 8 heteroatoms. The van der Waals surface area contributed by atoms with Crippen LogP contribution >= 0.6 is 0 Å². The summed E-state index contributed by atoms with van der Waals surface area (Å²) in [4.78, 5) is 24.7. The van der Waals surface area contributed by atoms with Crippen LogP contribution in [0, 0.1) is 0 Å². The maximum absolute atomic E-state index is 12.9. The molecule has 1 aliphatic rings. The zero-order valence-corrected chi connectivity index (χ0v) is 15.7. The van der Waals surface area contributed by atoms with Crippen LogP contribution in [0.4, 0.5) is 11.5 Å². The average molecular weight is 374 g/mol. The number of hydrogen-bond donors (Lipinski definition) is 0. The molecule has 2 aromatic rings. The third-order valence-corrected chi connectivity index (χ3v) is 6.36. The average Bonchev–Trinajstić information content (AvgIpc) is 3.02. The van der Waals surface area contributed by atoms with Gasteiger partial charge in [0.15, 0.2) is 9.84 Å². The number of amides is 1. The number of anilines is 2. The van der Waals surface area contributed by atoms with E-state index in [2.05, 4.69) is 9.97 Å². The van der Waals surface area contributed by atoms with E-state index in [1.807, 2.05) is 49.2 Å². The van der Waals surface area contributed by atoms with Crippen molar-refractivity contribution in [2.75, 3.05) is 30.0 Å². The topological polar surface area (TPSA) is 83.5 Å². The highest BCUT2D eigenvalue weighted by molar-refractivity contribution is 7.91. The minimum Gasteiger partial charge on any atom is -0.334 e. The number of hydrogen-bond acceptors (Lipinski definition) is 6. The van der Waals surface area contributed by atoms with E-state index in [0.717, 1.165) is 5.69 Å². The van der Waals surface area contributed by atoms with Gasteiger partial charge >= 0.3 is 0 Å². The molecule has 0 radical (unpaired) electrons. The highest BCUT2D eigenvalue weighted by Gasteiger charge is 2.34. The molecule has 0 saturated carbocycles. The maximum Gasteiger partial charge on any atom is 0.272 e. The zero-order valence-electron chi connectivity index (χ0n) is 14.9. The van der Waals surface area contributed by atoms with Crippen LogP contribution in [0.25, 0.3) is 0 Å². The van der Waals surface area contributed by atoms with Crippen LogP contribution in [0.2, 0.25) is 0 Å². The zero-order chi connectivity index (χ0) is 18.7. The predicted octanol–water partition coefficient (Wildman–Crippen LogP) is 1.89. The van der Waals surface area contributed by atoms with Crippen molar-refractivity contribution in [2.45, 2.75) is 19.4 Å². The van der Waals surface area contributed by atoms with E-state index < -0.39 is 9.84 Å². The molecule has 138 valence electrons. The first-order valence-corrected chi connectivity index (χ1v) is 10.4. The third-order valence-electron chi connectivity index (χ3n) is 4.61. The first-order chi connectivity index (χ1) is 12.4. The molecule has 1 atom stereocenters. The molecule has 0 aliphatic carbocycles. The number of carbonyl (C=O) groups excluding carboxylic acids is 1. The summed E-state index contributed by atoms with van der Waals surface area (Å²) in [5.74, 6) is 0.492. The van der Waals surface area contributed by atoms with Gasteiger partial charge in [0, 0.05) is 31.4 Å². The summed E-state index contributed by atoms with van der Waals surface area (Å²) in [6.07, 6.45) is 1.84. The Morgan fingerprint density at radius 3 is 2.58 bits per heavy atom. The summed E-state index contributed by atoms with van der Waals surface area (Å²) in [7, 11) is -1.19. The van der Waals surface area contributed by atoms with Gasteiger partial charge in [0.25, 0.3) is 5.91 Å². The second-order valence-electron chi connectivity index (χ2n) is 6.30. The largest absolute Gasteiger partial charge is 0.334 e. The number of nitrogens with zero attached hydrogens (tertiary/aromatic N) is 4. The van der Waals surface area contributed by atoms with Gasteiger partial charge in [-0.2, -0.15) is 0 Å². The molecule has 1 aromatic heterocycles. The number of para-hydroxylation sites is 1. The van der Waals surface area contributed by atoms with E-state index in [1.165, 1.54) is 6.33 Å². The SMILES string of the molecule is CCN(C(=O)c1cc(N(C)c2ccccc2)ncn1)C1CCS(=O)(=O)C1. The van der Waals surface area contributed by atoms with Crippen molar-refractivity contribution < 1.29 is 13.2 Å². The van der Waals surface area contributed by atoms with Gasteiger partial charge in [0.05, 0.1) is 11.5 Å². The Morgan fingerprint density at radius 1 is 1.23 bits per heavy atom. The number of carbonyl (C=O) groups is 1. The Bertz CT molecular complexity index is 886. The molecule has 2 heterocycles. The minimum absolute atomic E-state index is 0.0223. The van der Waals surface area contributed by atoms with Gasteiger partial charge in [-0.1, -0.05) is 18.2 Å². The van der Waals surface area contributed by atoms with E-state index in [0.29, 0.717) is 18.8 Å². The van der Waals surface area contributed by atoms with Gasteiger partial charge in [-0.3, -0.25) is 4.79 Å². The Labute approximate surface area is 153 Å². The fourth-order valence-electron chi connectivity index (χ4n) is 3.17. The fourth-order valence-corrected chi connectivity index (χ4v) is 4.90. The van der Waals surface area contributed by atoms with Crippen LogP contribution in [0.3, 0.4) is 0 Å². The molecular weight excluding hydrogens is 352 g/mol. The summed E-state index contributed by atoms with van der Waals surface area (Å²) in [6.45, 7) is 2.29. The minimum atomic E-state index is -3.06. The molecule has 1 aliphatic heterocycles. The molecule has 0 N–H and O–H groups in total. The van der Waals surface area contributed by atoms with E-state index >= 15 is 0 Å². The third kappa shape index (κ3) is 3.85. The van der Waals surface area contributed by atoms with Crippen LogP contribution in [0.1, 0.15) is 23.8 Å². The number of sulfone groups is 1. The molecule has 26 heavy (non-hydrogen) atoms. The molecule has 0 bridgehead atoms. The lowest BCUT2D eigenvalue weighted by Gasteiger charge is -2.27. The summed E-state index contributed by atoms with van der Waals surface area (Å²) < 4.78 is 23.5. The van der Waals surface area contributed by atoms with Crippen molar-refractivity contribution in [3.63, 3.8) is 0 Å². The van der Waals surface area contributed by atoms with Crippen LogP contribution < -0.4 is 4.90 Å². The van der Waals surface area contributed by atoms with E-state index in [4.69, 9.17) is 0 Å². The first kappa shape index (κ1) is 18.3. The lowest BCUT2D eigenvalue weighted by Crippen LogP contribution is -2.41. The highest BCUT2D eigenvalue weighted by Crippen LogP contribution is 2.23. The van der Waals surface area contributed by atoms with Crippen LogP contribution in [0.15, 0.2) is 42.7 Å². The maximum atomic E-state index is 12.9.